The molecule has 1 atom stereocenters. The van der Waals surface area contributed by atoms with Crippen molar-refractivity contribution in [3.63, 3.8) is 0 Å². The summed E-state index contributed by atoms with van der Waals surface area (Å²) in [5.41, 5.74) is 2.21. The van der Waals surface area contributed by atoms with Gasteiger partial charge in [-0.15, -0.1) is 0 Å². The van der Waals surface area contributed by atoms with Crippen molar-refractivity contribution >= 4 is 10.8 Å². The van der Waals surface area contributed by atoms with Crippen LogP contribution in [0, 0.1) is 0 Å². The van der Waals surface area contributed by atoms with Crippen LogP contribution in [0.3, 0.4) is 0 Å². The molecule has 0 aliphatic rings. The molecule has 0 fully saturated rings. The van der Waals surface area contributed by atoms with Gasteiger partial charge in [0, 0.05) is 13.2 Å². The second-order valence-corrected chi connectivity index (χ2v) is 6.04. The third-order valence-corrected chi connectivity index (χ3v) is 4.38. The normalized spacial score (nSPS) is 12.1. The highest BCUT2D eigenvalue weighted by Gasteiger charge is 2.11. The first-order valence-corrected chi connectivity index (χ1v) is 8.55. The monoisotopic (exact) mass is 336 g/mol. The summed E-state index contributed by atoms with van der Waals surface area (Å²) < 4.78 is 17.0. The molecule has 1 unspecified atom stereocenters. The molecule has 0 heterocycles. The second kappa shape index (κ2) is 8.04. The van der Waals surface area contributed by atoms with Gasteiger partial charge in [-0.25, -0.2) is 0 Å². The quantitative estimate of drug-likeness (QED) is 0.568. The third-order valence-electron chi connectivity index (χ3n) is 4.38. The summed E-state index contributed by atoms with van der Waals surface area (Å²) in [5, 5.41) is 2.46. The van der Waals surface area contributed by atoms with Crippen molar-refractivity contribution in [3.05, 3.63) is 71.8 Å². The summed E-state index contributed by atoms with van der Waals surface area (Å²) in [6, 6.07) is 20.7. The van der Waals surface area contributed by atoms with Crippen molar-refractivity contribution in [2.45, 2.75) is 26.1 Å². The maximum absolute atomic E-state index is 6.03. The van der Waals surface area contributed by atoms with Crippen LogP contribution in [0.4, 0.5) is 0 Å². The molecule has 3 nitrogen and oxygen atoms in total. The van der Waals surface area contributed by atoms with E-state index < -0.39 is 0 Å². The SMILES string of the molecule is CCC(OC)c1cc(OC)cc(OCc2ccc3ccccc3c2)c1. The van der Waals surface area contributed by atoms with Crippen LogP contribution >= 0.6 is 0 Å². The fraction of sp³-hybridized carbons (Fsp3) is 0.273. The molecule has 25 heavy (non-hydrogen) atoms. The molecular formula is C22H24O3. The fourth-order valence-electron chi connectivity index (χ4n) is 3.01. The van der Waals surface area contributed by atoms with E-state index in [9.17, 15) is 0 Å². The zero-order valence-corrected chi connectivity index (χ0v) is 15.0. The van der Waals surface area contributed by atoms with Gasteiger partial charge < -0.3 is 14.2 Å². The van der Waals surface area contributed by atoms with E-state index in [1.54, 1.807) is 14.2 Å². The molecule has 3 aromatic rings. The lowest BCUT2D eigenvalue weighted by Gasteiger charge is -2.16. The molecule has 0 aromatic heterocycles. The Balaban J connectivity index is 1.80. The van der Waals surface area contributed by atoms with E-state index in [0.717, 1.165) is 29.0 Å². The Morgan fingerprint density at radius 2 is 1.60 bits per heavy atom. The standard InChI is InChI=1S/C22H24O3/c1-4-22(24-3)19-12-20(23-2)14-21(13-19)25-15-16-9-10-17-7-5-6-8-18(17)11-16/h5-14,22H,4,15H2,1-3H3. The van der Waals surface area contributed by atoms with Crippen LogP contribution in [0.1, 0.15) is 30.6 Å². The van der Waals surface area contributed by atoms with Crippen molar-refractivity contribution < 1.29 is 14.2 Å². The number of fused-ring (bicyclic) bond motifs is 1. The first kappa shape index (κ1) is 17.3. The number of ether oxygens (including phenoxy) is 3. The fourth-order valence-corrected chi connectivity index (χ4v) is 3.01. The topological polar surface area (TPSA) is 27.7 Å². The summed E-state index contributed by atoms with van der Waals surface area (Å²) >= 11 is 0. The third kappa shape index (κ3) is 4.12. The molecule has 0 saturated heterocycles. The average Bonchev–Trinajstić information content (AvgIpc) is 2.67. The maximum atomic E-state index is 6.03. The number of hydrogen-bond acceptors (Lipinski definition) is 3. The highest BCUT2D eigenvalue weighted by atomic mass is 16.5. The summed E-state index contributed by atoms with van der Waals surface area (Å²) in [6.45, 7) is 2.62. The lowest BCUT2D eigenvalue weighted by atomic mass is 10.1. The Bertz CT molecular complexity index is 838. The van der Waals surface area contributed by atoms with Crippen LogP contribution in [0.2, 0.25) is 0 Å². The number of benzene rings is 3. The molecular weight excluding hydrogens is 312 g/mol. The Labute approximate surface area is 149 Å². The van der Waals surface area contributed by atoms with Crippen molar-refractivity contribution in [2.24, 2.45) is 0 Å². The second-order valence-electron chi connectivity index (χ2n) is 6.04. The van der Waals surface area contributed by atoms with Gasteiger partial charge in [0.05, 0.1) is 13.2 Å². The maximum Gasteiger partial charge on any atom is 0.123 e. The zero-order valence-electron chi connectivity index (χ0n) is 15.0. The molecule has 3 aromatic carbocycles. The molecule has 0 radical (unpaired) electrons. The average molecular weight is 336 g/mol. The van der Waals surface area contributed by atoms with Gasteiger partial charge in [-0.3, -0.25) is 0 Å². The largest absolute Gasteiger partial charge is 0.497 e. The Morgan fingerprint density at radius 3 is 2.32 bits per heavy atom. The predicted octanol–water partition coefficient (Wildman–Crippen LogP) is 5.52. The minimum Gasteiger partial charge on any atom is -0.497 e. The molecule has 0 aliphatic carbocycles. The molecule has 3 rings (SSSR count). The molecule has 130 valence electrons. The van der Waals surface area contributed by atoms with Gasteiger partial charge in [0.25, 0.3) is 0 Å². The number of hydrogen-bond donors (Lipinski definition) is 0. The minimum atomic E-state index is 0.0399. The van der Waals surface area contributed by atoms with Crippen LogP contribution in [0.5, 0.6) is 11.5 Å². The number of rotatable bonds is 7. The molecule has 0 N–H and O–H groups in total. The zero-order chi connectivity index (χ0) is 17.6. The van der Waals surface area contributed by atoms with E-state index in [-0.39, 0.29) is 6.10 Å². The van der Waals surface area contributed by atoms with E-state index in [1.807, 2.05) is 18.2 Å². The molecule has 0 amide bonds. The van der Waals surface area contributed by atoms with Crippen molar-refractivity contribution in [1.29, 1.82) is 0 Å². The first-order valence-electron chi connectivity index (χ1n) is 8.55. The van der Waals surface area contributed by atoms with E-state index in [2.05, 4.69) is 49.4 Å². The van der Waals surface area contributed by atoms with Gasteiger partial charge in [-0.05, 0) is 46.5 Å². The molecule has 0 saturated carbocycles. The molecule has 0 aliphatic heterocycles. The summed E-state index contributed by atoms with van der Waals surface area (Å²) in [6.07, 6.45) is 0.937. The Kier molecular flexibility index (Phi) is 5.56. The van der Waals surface area contributed by atoms with Crippen LogP contribution in [0.15, 0.2) is 60.7 Å². The minimum absolute atomic E-state index is 0.0399. The lowest BCUT2D eigenvalue weighted by molar-refractivity contribution is 0.0995. The van der Waals surface area contributed by atoms with Crippen molar-refractivity contribution in [3.8, 4) is 11.5 Å². The predicted molar refractivity (Wildman–Crippen MR) is 101 cm³/mol. The van der Waals surface area contributed by atoms with Gasteiger partial charge in [0.2, 0.25) is 0 Å². The van der Waals surface area contributed by atoms with Gasteiger partial charge in [0.1, 0.15) is 18.1 Å². The summed E-state index contributed by atoms with van der Waals surface area (Å²) in [7, 11) is 3.39. The van der Waals surface area contributed by atoms with Gasteiger partial charge in [0.15, 0.2) is 0 Å². The highest BCUT2D eigenvalue weighted by molar-refractivity contribution is 5.82. The van der Waals surface area contributed by atoms with Crippen LogP contribution in [0.25, 0.3) is 10.8 Å². The van der Waals surface area contributed by atoms with Gasteiger partial charge in [-0.1, -0.05) is 43.3 Å². The highest BCUT2D eigenvalue weighted by Crippen LogP contribution is 2.30. The van der Waals surface area contributed by atoms with Crippen molar-refractivity contribution in [1.82, 2.24) is 0 Å². The first-order chi connectivity index (χ1) is 12.2. The van der Waals surface area contributed by atoms with E-state index >= 15 is 0 Å². The Hall–Kier alpha value is -2.52. The van der Waals surface area contributed by atoms with Crippen LogP contribution in [-0.2, 0) is 11.3 Å². The van der Waals surface area contributed by atoms with E-state index in [0.29, 0.717) is 6.61 Å². The smallest absolute Gasteiger partial charge is 0.123 e. The lowest BCUT2D eigenvalue weighted by Crippen LogP contribution is -2.02. The van der Waals surface area contributed by atoms with Crippen LogP contribution < -0.4 is 9.47 Å². The number of methoxy groups -OCH3 is 2. The molecule has 0 bridgehead atoms. The van der Waals surface area contributed by atoms with E-state index in [4.69, 9.17) is 14.2 Å². The van der Waals surface area contributed by atoms with Gasteiger partial charge >= 0.3 is 0 Å². The van der Waals surface area contributed by atoms with E-state index in [1.165, 1.54) is 10.8 Å². The summed E-state index contributed by atoms with van der Waals surface area (Å²) in [4.78, 5) is 0. The van der Waals surface area contributed by atoms with Crippen molar-refractivity contribution in [2.75, 3.05) is 14.2 Å². The Morgan fingerprint density at radius 1 is 0.840 bits per heavy atom. The molecule has 3 heteroatoms. The van der Waals surface area contributed by atoms with Gasteiger partial charge in [-0.2, -0.15) is 0 Å². The summed E-state index contributed by atoms with van der Waals surface area (Å²) in [5.74, 6) is 1.57. The molecule has 0 spiro atoms. The van der Waals surface area contributed by atoms with Crippen LogP contribution in [-0.4, -0.2) is 14.2 Å².